The summed E-state index contributed by atoms with van der Waals surface area (Å²) in [5, 5.41) is 11.3. The molecule has 0 unspecified atom stereocenters. The lowest BCUT2D eigenvalue weighted by Gasteiger charge is -2.44. The number of carbonyl (C=O) groups is 2. The van der Waals surface area contributed by atoms with Gasteiger partial charge in [-0.05, 0) is 87.9 Å². The number of esters is 2. The number of carbonyl (C=O) groups excluding carboxylic acids is 2. The Balaban J connectivity index is 1.31. The lowest BCUT2D eigenvalue weighted by Crippen LogP contribution is -2.44. The van der Waals surface area contributed by atoms with E-state index in [4.69, 9.17) is 9.47 Å². The van der Waals surface area contributed by atoms with Gasteiger partial charge in [-0.1, -0.05) is 36.8 Å². The molecule has 1 N–H and O–H groups in total. The molecule has 6 fully saturated rings. The highest BCUT2D eigenvalue weighted by molar-refractivity contribution is 5.91. The van der Waals surface area contributed by atoms with Crippen LogP contribution in [-0.4, -0.2) is 34.9 Å². The van der Waals surface area contributed by atoms with E-state index in [2.05, 4.69) is 27.0 Å². The van der Waals surface area contributed by atoms with Crippen LogP contribution in [0.4, 0.5) is 0 Å². The van der Waals surface area contributed by atoms with E-state index in [1.54, 1.807) is 0 Å². The quantitative estimate of drug-likeness (QED) is 0.305. The summed E-state index contributed by atoms with van der Waals surface area (Å²) < 4.78 is 12.0. The van der Waals surface area contributed by atoms with Crippen LogP contribution in [0.3, 0.4) is 0 Å². The van der Waals surface area contributed by atoms with Gasteiger partial charge in [-0.25, -0.2) is 4.79 Å². The summed E-state index contributed by atoms with van der Waals surface area (Å²) in [5.41, 5.74) is 3.34. The van der Waals surface area contributed by atoms with Crippen molar-refractivity contribution >= 4 is 11.9 Å². The SMILES string of the molecule is C=C1C(=O)O[C@H]2C[C@H](C)[C@@]34C[C@@H](C(C)=C3C[C@H]12)[C@@]1(C4)C(=O)O[C@H]2CC(=C)[C@@H]3CC[C@@](C)(O)[C@@H]3C[C@@H]21. The average Bonchev–Trinajstić information content (AvgIpc) is 3.47. The van der Waals surface area contributed by atoms with Crippen LogP contribution >= 0.6 is 0 Å². The molecule has 2 aliphatic heterocycles. The first kappa shape index (κ1) is 22.3. The van der Waals surface area contributed by atoms with E-state index in [1.165, 1.54) is 11.1 Å². The molecule has 7 aliphatic rings. The molecule has 0 aromatic carbocycles. The van der Waals surface area contributed by atoms with E-state index in [9.17, 15) is 14.7 Å². The molecular formula is C30H38O5. The predicted molar refractivity (Wildman–Crippen MR) is 130 cm³/mol. The van der Waals surface area contributed by atoms with E-state index < -0.39 is 11.0 Å². The minimum Gasteiger partial charge on any atom is -0.461 e. The minimum atomic E-state index is -0.710. The highest BCUT2D eigenvalue weighted by Gasteiger charge is 2.74. The Hall–Kier alpha value is -1.88. The molecule has 4 saturated carbocycles. The third kappa shape index (κ3) is 2.54. The zero-order valence-corrected chi connectivity index (χ0v) is 21.3. The van der Waals surface area contributed by atoms with Gasteiger partial charge in [-0.15, -0.1) is 0 Å². The third-order valence-corrected chi connectivity index (χ3v) is 12.3. The van der Waals surface area contributed by atoms with Gasteiger partial charge in [0.05, 0.1) is 11.0 Å². The number of aliphatic hydroxyl groups is 1. The average molecular weight is 479 g/mol. The number of hydrogen-bond acceptors (Lipinski definition) is 5. The molecule has 0 aromatic rings. The first-order chi connectivity index (χ1) is 16.5. The Bertz CT molecular complexity index is 1110. The van der Waals surface area contributed by atoms with Gasteiger partial charge in [0.25, 0.3) is 0 Å². The number of ether oxygens (including phenoxy) is 2. The molecule has 5 nitrogen and oxygen atoms in total. The summed E-state index contributed by atoms with van der Waals surface area (Å²) in [6.45, 7) is 15.0. The fourth-order valence-electron chi connectivity index (χ4n) is 10.4. The van der Waals surface area contributed by atoms with Crippen LogP contribution in [0.1, 0.15) is 72.1 Å². The van der Waals surface area contributed by atoms with Crippen molar-refractivity contribution in [3.8, 4) is 0 Å². The predicted octanol–water partition coefficient (Wildman–Crippen LogP) is 4.90. The molecule has 188 valence electrons. The standard InChI is InChI=1S/C30H38O5/c1-14-8-25-22(11-21-18(14)6-7-28(21,5)33)30(27(32)35-25)13-29-12-23(30)17(4)20(29)10-19-16(3)26(31)34-24(19)9-15(29)2/h15,18-19,21-25,33H,1,3,6-13H2,2,4-5H3/t15-,18-,19+,21+,22-,23-,24-,25-,28+,29-,30-/m0/s1. The Kier molecular flexibility index (Phi) is 4.28. The molecule has 0 radical (unpaired) electrons. The summed E-state index contributed by atoms with van der Waals surface area (Å²) in [7, 11) is 0. The number of allylic oxidation sites excluding steroid dienone is 2. The van der Waals surface area contributed by atoms with Crippen molar-refractivity contribution in [2.24, 2.45) is 46.3 Å². The molecule has 0 aromatic heterocycles. The molecule has 2 heterocycles. The van der Waals surface area contributed by atoms with E-state index >= 15 is 0 Å². The van der Waals surface area contributed by atoms with Crippen molar-refractivity contribution in [2.45, 2.75) is 89.9 Å². The van der Waals surface area contributed by atoms with Crippen LogP contribution in [0.25, 0.3) is 0 Å². The van der Waals surface area contributed by atoms with Crippen molar-refractivity contribution in [3.05, 3.63) is 35.5 Å². The lowest BCUT2D eigenvalue weighted by atomic mass is 9.57. The second-order valence-electron chi connectivity index (χ2n) is 13.5. The molecule has 2 spiro atoms. The van der Waals surface area contributed by atoms with Gasteiger partial charge in [-0.2, -0.15) is 0 Å². The molecule has 2 saturated heterocycles. The molecule has 2 bridgehead atoms. The van der Waals surface area contributed by atoms with Crippen molar-refractivity contribution in [1.82, 2.24) is 0 Å². The van der Waals surface area contributed by atoms with E-state index in [0.29, 0.717) is 17.4 Å². The van der Waals surface area contributed by atoms with Crippen molar-refractivity contribution in [1.29, 1.82) is 0 Å². The minimum absolute atomic E-state index is 0.0101. The van der Waals surface area contributed by atoms with Gasteiger partial charge in [0.1, 0.15) is 12.2 Å². The van der Waals surface area contributed by atoms with E-state index in [0.717, 1.165) is 56.9 Å². The Morgan fingerprint density at radius 1 is 1.03 bits per heavy atom. The highest BCUT2D eigenvalue weighted by atomic mass is 16.6. The highest BCUT2D eigenvalue weighted by Crippen LogP contribution is 2.75. The van der Waals surface area contributed by atoms with Crippen LogP contribution < -0.4 is 0 Å². The lowest BCUT2D eigenvalue weighted by molar-refractivity contribution is -0.150. The van der Waals surface area contributed by atoms with E-state index in [1.807, 2.05) is 6.92 Å². The van der Waals surface area contributed by atoms with Crippen molar-refractivity contribution in [2.75, 3.05) is 0 Å². The molecule has 11 atom stereocenters. The van der Waals surface area contributed by atoms with Crippen LogP contribution in [0.15, 0.2) is 35.5 Å². The van der Waals surface area contributed by atoms with Crippen molar-refractivity contribution < 1.29 is 24.2 Å². The fourth-order valence-corrected chi connectivity index (χ4v) is 10.4. The maximum Gasteiger partial charge on any atom is 0.334 e. The number of rotatable bonds is 0. The fraction of sp³-hybridized carbons (Fsp3) is 0.733. The second kappa shape index (κ2) is 6.70. The number of fused-ring (bicyclic) bond motifs is 6. The van der Waals surface area contributed by atoms with Crippen molar-refractivity contribution in [3.63, 3.8) is 0 Å². The smallest absolute Gasteiger partial charge is 0.334 e. The molecule has 35 heavy (non-hydrogen) atoms. The first-order valence-corrected chi connectivity index (χ1v) is 13.7. The second-order valence-corrected chi connectivity index (χ2v) is 13.5. The normalized spacial score (nSPS) is 54.3. The van der Waals surface area contributed by atoms with Gasteiger partial charge < -0.3 is 14.6 Å². The summed E-state index contributed by atoms with van der Waals surface area (Å²) >= 11 is 0. The summed E-state index contributed by atoms with van der Waals surface area (Å²) in [6.07, 6.45) is 6.64. The topological polar surface area (TPSA) is 72.8 Å². The van der Waals surface area contributed by atoms with E-state index in [-0.39, 0.29) is 53.2 Å². The zero-order chi connectivity index (χ0) is 24.7. The summed E-state index contributed by atoms with van der Waals surface area (Å²) in [5.74, 6) is 0.905. The Morgan fingerprint density at radius 3 is 2.57 bits per heavy atom. The van der Waals surface area contributed by atoms with Gasteiger partial charge in [-0.3, -0.25) is 4.79 Å². The molecule has 5 aliphatic carbocycles. The number of hydrogen-bond donors (Lipinski definition) is 1. The maximum absolute atomic E-state index is 13.9. The van der Waals surface area contributed by atoms with Crippen LogP contribution in [-0.2, 0) is 19.1 Å². The monoisotopic (exact) mass is 478 g/mol. The van der Waals surface area contributed by atoms with Gasteiger partial charge in [0.15, 0.2) is 0 Å². The molecule has 0 amide bonds. The first-order valence-electron chi connectivity index (χ1n) is 13.7. The van der Waals surface area contributed by atoms with Crippen LogP contribution in [0.5, 0.6) is 0 Å². The zero-order valence-electron chi connectivity index (χ0n) is 21.3. The summed E-state index contributed by atoms with van der Waals surface area (Å²) in [6, 6.07) is 0. The summed E-state index contributed by atoms with van der Waals surface area (Å²) in [4.78, 5) is 26.2. The Morgan fingerprint density at radius 2 is 1.80 bits per heavy atom. The maximum atomic E-state index is 13.9. The van der Waals surface area contributed by atoms with Crippen LogP contribution in [0.2, 0.25) is 0 Å². The molecule has 5 heteroatoms. The van der Waals surface area contributed by atoms with Gasteiger partial charge in [0.2, 0.25) is 0 Å². The van der Waals surface area contributed by atoms with Crippen LogP contribution in [0, 0.1) is 46.3 Å². The molecule has 7 rings (SSSR count). The Labute approximate surface area is 208 Å². The largest absolute Gasteiger partial charge is 0.461 e. The van der Waals surface area contributed by atoms with Gasteiger partial charge in [0, 0.05) is 23.8 Å². The third-order valence-electron chi connectivity index (χ3n) is 12.3. The molecular weight excluding hydrogens is 440 g/mol. The van der Waals surface area contributed by atoms with Gasteiger partial charge >= 0.3 is 11.9 Å².